The molecule has 7 heteroatoms. The molecular formula is C16H14N2O3S2. The number of thiazole rings is 1. The zero-order chi connectivity index (χ0) is 16.4. The summed E-state index contributed by atoms with van der Waals surface area (Å²) in [6.07, 6.45) is 1.80. The average Bonchev–Trinajstić information content (AvgIpc) is 3.14. The molecule has 0 aliphatic carbocycles. The van der Waals surface area contributed by atoms with Gasteiger partial charge in [0, 0.05) is 16.5 Å². The number of benzene rings is 1. The largest absolute Gasteiger partial charge is 0.481 e. The standard InChI is InChI=1S/C16H14N2O3S2/c1-9(16(20)21)15-14(10-5-3-2-4-6-10)18-13(23-15)7-12-17-11(19)8-22-12/h2-7,9H,8H2,1H3,(H,17,19)(H,20,21)/b12-7+. The van der Waals surface area contributed by atoms with Crippen LogP contribution in [0, 0.1) is 0 Å². The Bertz CT molecular complexity index is 784. The number of carboxylic acid groups (broad SMARTS) is 1. The number of hydrogen-bond donors (Lipinski definition) is 2. The summed E-state index contributed by atoms with van der Waals surface area (Å²) in [7, 11) is 0. The molecule has 0 bridgehead atoms. The minimum atomic E-state index is -0.881. The maximum absolute atomic E-state index is 11.4. The fourth-order valence-corrected chi connectivity index (χ4v) is 4.05. The maximum atomic E-state index is 11.4. The van der Waals surface area contributed by atoms with Crippen molar-refractivity contribution in [1.82, 2.24) is 10.3 Å². The molecule has 0 spiro atoms. The average molecular weight is 346 g/mol. The Hall–Kier alpha value is -2.12. The van der Waals surface area contributed by atoms with E-state index in [1.807, 2.05) is 30.3 Å². The quantitative estimate of drug-likeness (QED) is 0.889. The van der Waals surface area contributed by atoms with Crippen molar-refractivity contribution in [3.8, 4) is 11.3 Å². The number of nitrogens with zero attached hydrogens (tertiary/aromatic N) is 1. The molecular weight excluding hydrogens is 332 g/mol. The van der Waals surface area contributed by atoms with Crippen molar-refractivity contribution in [3.63, 3.8) is 0 Å². The van der Waals surface area contributed by atoms with Crippen LogP contribution in [0.25, 0.3) is 17.3 Å². The van der Waals surface area contributed by atoms with E-state index in [4.69, 9.17) is 0 Å². The Morgan fingerprint density at radius 2 is 2.13 bits per heavy atom. The predicted molar refractivity (Wildman–Crippen MR) is 92.2 cm³/mol. The smallest absolute Gasteiger partial charge is 0.311 e. The van der Waals surface area contributed by atoms with E-state index in [1.165, 1.54) is 23.1 Å². The number of amides is 1. The fourth-order valence-electron chi connectivity index (χ4n) is 2.16. The van der Waals surface area contributed by atoms with Gasteiger partial charge in [0.15, 0.2) is 0 Å². The molecule has 1 fully saturated rings. The van der Waals surface area contributed by atoms with Crippen molar-refractivity contribution >= 4 is 41.1 Å². The van der Waals surface area contributed by atoms with E-state index in [0.29, 0.717) is 21.3 Å². The second-order valence-corrected chi connectivity index (χ2v) is 7.12. The van der Waals surface area contributed by atoms with Gasteiger partial charge in [-0.25, -0.2) is 4.98 Å². The molecule has 1 aromatic carbocycles. The second kappa shape index (κ2) is 6.55. The first-order chi connectivity index (χ1) is 11.0. The molecule has 2 N–H and O–H groups in total. The van der Waals surface area contributed by atoms with Gasteiger partial charge in [-0.2, -0.15) is 0 Å². The van der Waals surface area contributed by atoms with Gasteiger partial charge in [-0.05, 0) is 6.92 Å². The molecule has 5 nitrogen and oxygen atoms in total. The van der Waals surface area contributed by atoms with Crippen LogP contribution in [0.2, 0.25) is 0 Å². The molecule has 118 valence electrons. The third kappa shape index (κ3) is 3.46. The van der Waals surface area contributed by atoms with Crippen molar-refractivity contribution in [2.75, 3.05) is 5.75 Å². The lowest BCUT2D eigenvalue weighted by Gasteiger charge is -2.06. The predicted octanol–water partition coefficient (Wildman–Crippen LogP) is 3.16. The minimum Gasteiger partial charge on any atom is -0.481 e. The fraction of sp³-hybridized carbons (Fsp3) is 0.188. The molecule has 1 saturated heterocycles. The van der Waals surface area contributed by atoms with Crippen LogP contribution in [0.3, 0.4) is 0 Å². The van der Waals surface area contributed by atoms with Gasteiger partial charge in [0.25, 0.3) is 0 Å². The molecule has 1 unspecified atom stereocenters. The summed E-state index contributed by atoms with van der Waals surface area (Å²) in [5, 5.41) is 13.5. The van der Waals surface area contributed by atoms with E-state index in [9.17, 15) is 14.7 Å². The molecule has 23 heavy (non-hydrogen) atoms. The minimum absolute atomic E-state index is 0.0276. The normalized spacial score (nSPS) is 17.3. The van der Waals surface area contributed by atoms with E-state index in [2.05, 4.69) is 10.3 Å². The number of hydrogen-bond acceptors (Lipinski definition) is 5. The van der Waals surface area contributed by atoms with E-state index in [0.717, 1.165) is 10.6 Å². The Morgan fingerprint density at radius 1 is 1.39 bits per heavy atom. The summed E-state index contributed by atoms with van der Waals surface area (Å²) in [5.74, 6) is -1.14. The van der Waals surface area contributed by atoms with Gasteiger partial charge >= 0.3 is 5.97 Å². The number of rotatable bonds is 4. The third-order valence-electron chi connectivity index (χ3n) is 3.36. The highest BCUT2D eigenvalue weighted by molar-refractivity contribution is 8.04. The molecule has 0 saturated carbocycles. The Kier molecular flexibility index (Phi) is 4.49. The molecule has 0 radical (unpaired) electrons. The van der Waals surface area contributed by atoms with Crippen LogP contribution in [0.1, 0.15) is 22.7 Å². The van der Waals surface area contributed by atoms with Gasteiger partial charge in [0.2, 0.25) is 5.91 Å². The molecule has 1 aliphatic rings. The van der Waals surface area contributed by atoms with Crippen molar-refractivity contribution in [1.29, 1.82) is 0 Å². The number of carboxylic acids is 1. The highest BCUT2D eigenvalue weighted by Crippen LogP contribution is 2.35. The van der Waals surface area contributed by atoms with Crippen LogP contribution in [0.4, 0.5) is 0 Å². The summed E-state index contributed by atoms with van der Waals surface area (Å²) >= 11 is 2.77. The lowest BCUT2D eigenvalue weighted by molar-refractivity contribution is -0.138. The van der Waals surface area contributed by atoms with E-state index in [-0.39, 0.29) is 5.91 Å². The number of carbonyl (C=O) groups excluding carboxylic acids is 1. The van der Waals surface area contributed by atoms with E-state index in [1.54, 1.807) is 13.0 Å². The number of aromatic nitrogens is 1. The SMILES string of the molecule is CC(C(=O)O)c1sc(/C=C2\NC(=O)CS2)nc1-c1ccccc1. The zero-order valence-electron chi connectivity index (χ0n) is 12.3. The second-order valence-electron chi connectivity index (χ2n) is 5.04. The molecule has 2 aromatic rings. The van der Waals surface area contributed by atoms with Gasteiger partial charge in [0.05, 0.1) is 22.4 Å². The summed E-state index contributed by atoms with van der Waals surface area (Å²) in [6, 6.07) is 9.53. The molecule has 1 aliphatic heterocycles. The van der Waals surface area contributed by atoms with Crippen LogP contribution in [-0.4, -0.2) is 27.7 Å². The summed E-state index contributed by atoms with van der Waals surface area (Å²) < 4.78 is 0. The number of nitrogens with one attached hydrogen (secondary N) is 1. The Balaban J connectivity index is 2.03. The lowest BCUT2D eigenvalue weighted by Crippen LogP contribution is -2.13. The summed E-state index contributed by atoms with van der Waals surface area (Å²) in [5.41, 5.74) is 1.58. The highest BCUT2D eigenvalue weighted by atomic mass is 32.2. The van der Waals surface area contributed by atoms with Gasteiger partial charge < -0.3 is 10.4 Å². The number of aliphatic carboxylic acids is 1. The topological polar surface area (TPSA) is 79.3 Å². The molecule has 1 aromatic heterocycles. The molecule has 3 rings (SSSR count). The first-order valence-corrected chi connectivity index (χ1v) is 8.78. The van der Waals surface area contributed by atoms with Gasteiger partial charge in [0.1, 0.15) is 5.01 Å². The first-order valence-electron chi connectivity index (χ1n) is 6.98. The van der Waals surface area contributed by atoms with Crippen molar-refractivity contribution in [3.05, 3.63) is 45.2 Å². The van der Waals surface area contributed by atoms with Crippen LogP contribution in [0.5, 0.6) is 0 Å². The van der Waals surface area contributed by atoms with Crippen LogP contribution in [-0.2, 0) is 9.59 Å². The lowest BCUT2D eigenvalue weighted by atomic mass is 10.0. The van der Waals surface area contributed by atoms with Crippen molar-refractivity contribution < 1.29 is 14.7 Å². The number of carbonyl (C=O) groups is 2. The monoisotopic (exact) mass is 346 g/mol. The van der Waals surface area contributed by atoms with Gasteiger partial charge in [-0.15, -0.1) is 11.3 Å². The van der Waals surface area contributed by atoms with Crippen LogP contribution in [0.15, 0.2) is 35.4 Å². The number of thioether (sulfide) groups is 1. The maximum Gasteiger partial charge on any atom is 0.311 e. The highest BCUT2D eigenvalue weighted by Gasteiger charge is 2.23. The first kappa shape index (κ1) is 15.8. The molecule has 1 atom stereocenters. The van der Waals surface area contributed by atoms with Crippen LogP contribution >= 0.6 is 23.1 Å². The Labute approximate surface area is 141 Å². The van der Waals surface area contributed by atoms with Crippen LogP contribution < -0.4 is 5.32 Å². The summed E-state index contributed by atoms with van der Waals surface area (Å²) in [4.78, 5) is 27.9. The molecule has 1 amide bonds. The van der Waals surface area contributed by atoms with Crippen molar-refractivity contribution in [2.45, 2.75) is 12.8 Å². The third-order valence-corrected chi connectivity index (χ3v) is 5.48. The van der Waals surface area contributed by atoms with Crippen molar-refractivity contribution in [2.24, 2.45) is 0 Å². The van der Waals surface area contributed by atoms with E-state index >= 15 is 0 Å². The van der Waals surface area contributed by atoms with Gasteiger partial charge in [-0.3, -0.25) is 9.59 Å². The van der Waals surface area contributed by atoms with E-state index < -0.39 is 11.9 Å². The zero-order valence-corrected chi connectivity index (χ0v) is 13.9. The van der Waals surface area contributed by atoms with Gasteiger partial charge in [-0.1, -0.05) is 42.1 Å². The Morgan fingerprint density at radius 3 is 2.74 bits per heavy atom. The molecule has 2 heterocycles. The summed E-state index contributed by atoms with van der Waals surface area (Å²) in [6.45, 7) is 1.66.